The second-order valence-electron chi connectivity index (χ2n) is 3.76. The Kier molecular flexibility index (Phi) is 3.21. The van der Waals surface area contributed by atoms with E-state index in [0.717, 1.165) is 11.3 Å². The van der Waals surface area contributed by atoms with E-state index >= 15 is 0 Å². The zero-order valence-electron chi connectivity index (χ0n) is 8.30. The van der Waals surface area contributed by atoms with Crippen molar-refractivity contribution < 1.29 is 4.74 Å². The summed E-state index contributed by atoms with van der Waals surface area (Å²) in [5.74, 6) is 1.40. The van der Waals surface area contributed by atoms with Gasteiger partial charge in [-0.05, 0) is 32.4 Å². The van der Waals surface area contributed by atoms with Crippen LogP contribution >= 0.6 is 11.6 Å². The van der Waals surface area contributed by atoms with Crippen molar-refractivity contribution in [3.8, 4) is 5.75 Å². The number of benzene rings is 1. The predicted molar refractivity (Wildman–Crippen MR) is 56.6 cm³/mol. The molecule has 1 nitrogen and oxygen atoms in total. The van der Waals surface area contributed by atoms with Crippen molar-refractivity contribution in [1.29, 1.82) is 0 Å². The Morgan fingerprint density at radius 1 is 1.31 bits per heavy atom. The highest BCUT2D eigenvalue weighted by molar-refractivity contribution is 6.18. The molecule has 72 valence electrons. The Labute approximate surface area is 84.7 Å². The molecule has 1 rings (SSSR count). The average molecular weight is 199 g/mol. The summed E-state index contributed by atoms with van der Waals surface area (Å²) in [5, 5.41) is 0. The molecule has 0 unspecified atom stereocenters. The predicted octanol–water partition coefficient (Wildman–Crippen LogP) is 3.39. The molecular formula is C11H15ClO. The van der Waals surface area contributed by atoms with Gasteiger partial charge in [-0.3, -0.25) is 0 Å². The maximum atomic E-state index is 5.77. The van der Waals surface area contributed by atoms with Crippen molar-refractivity contribution in [2.45, 2.75) is 26.4 Å². The highest BCUT2D eigenvalue weighted by Gasteiger charge is 2.18. The van der Waals surface area contributed by atoms with Crippen LogP contribution in [-0.4, -0.2) is 11.5 Å². The van der Waals surface area contributed by atoms with E-state index < -0.39 is 0 Å². The van der Waals surface area contributed by atoms with Gasteiger partial charge in [0.2, 0.25) is 0 Å². The van der Waals surface area contributed by atoms with Gasteiger partial charge < -0.3 is 4.74 Å². The molecule has 0 N–H and O–H groups in total. The maximum absolute atomic E-state index is 5.77. The Hall–Kier alpha value is -0.690. The normalized spacial score (nSPS) is 11.4. The number of alkyl halides is 1. The SMILES string of the molecule is Cc1ccccc1OC(C)(C)CCl. The third-order valence-corrected chi connectivity index (χ3v) is 2.45. The molecule has 2 heteroatoms. The van der Waals surface area contributed by atoms with Gasteiger partial charge in [-0.15, -0.1) is 11.6 Å². The van der Waals surface area contributed by atoms with Crippen molar-refractivity contribution in [3.63, 3.8) is 0 Å². The minimum atomic E-state index is -0.298. The molecule has 0 aliphatic rings. The van der Waals surface area contributed by atoms with Crippen molar-refractivity contribution in [3.05, 3.63) is 29.8 Å². The quantitative estimate of drug-likeness (QED) is 0.677. The van der Waals surface area contributed by atoms with E-state index in [2.05, 4.69) is 0 Å². The fourth-order valence-corrected chi connectivity index (χ4v) is 1.05. The molecule has 0 saturated heterocycles. The fraction of sp³-hybridized carbons (Fsp3) is 0.455. The minimum absolute atomic E-state index is 0.298. The molecule has 0 atom stereocenters. The maximum Gasteiger partial charge on any atom is 0.123 e. The third kappa shape index (κ3) is 2.92. The second kappa shape index (κ2) is 4.01. The molecule has 0 radical (unpaired) electrons. The number of halogens is 1. The number of para-hydroxylation sites is 1. The molecule has 0 amide bonds. The first-order chi connectivity index (χ1) is 6.05. The standard InChI is InChI=1S/C11H15ClO/c1-9-6-4-5-7-10(9)13-11(2,3)8-12/h4-7H,8H2,1-3H3. The van der Waals surface area contributed by atoms with Gasteiger partial charge in [0.15, 0.2) is 0 Å². The summed E-state index contributed by atoms with van der Waals surface area (Å²) in [6.45, 7) is 5.98. The first-order valence-corrected chi connectivity index (χ1v) is 4.89. The van der Waals surface area contributed by atoms with Gasteiger partial charge >= 0.3 is 0 Å². The summed E-state index contributed by atoms with van der Waals surface area (Å²) >= 11 is 5.77. The molecule has 0 spiro atoms. The number of hydrogen-bond acceptors (Lipinski definition) is 1. The van der Waals surface area contributed by atoms with Gasteiger partial charge in [0.1, 0.15) is 11.4 Å². The van der Waals surface area contributed by atoms with Crippen molar-refractivity contribution in [2.75, 3.05) is 5.88 Å². The van der Waals surface area contributed by atoms with E-state index in [0.29, 0.717) is 5.88 Å². The van der Waals surface area contributed by atoms with Gasteiger partial charge in [-0.25, -0.2) is 0 Å². The van der Waals surface area contributed by atoms with Crippen LogP contribution in [0, 0.1) is 6.92 Å². The van der Waals surface area contributed by atoms with Gasteiger partial charge in [-0.1, -0.05) is 18.2 Å². The Bertz CT molecular complexity index is 281. The summed E-state index contributed by atoms with van der Waals surface area (Å²) < 4.78 is 5.75. The molecule has 1 aromatic carbocycles. The molecule has 0 fully saturated rings. The highest BCUT2D eigenvalue weighted by Crippen LogP contribution is 2.22. The Morgan fingerprint density at radius 3 is 2.46 bits per heavy atom. The lowest BCUT2D eigenvalue weighted by molar-refractivity contribution is 0.133. The van der Waals surface area contributed by atoms with Gasteiger partial charge in [0.05, 0.1) is 5.88 Å². The monoisotopic (exact) mass is 198 g/mol. The molecule has 0 aliphatic heterocycles. The lowest BCUT2D eigenvalue weighted by Crippen LogP contribution is -2.30. The fourth-order valence-electron chi connectivity index (χ4n) is 0.996. The third-order valence-electron chi connectivity index (χ3n) is 1.80. The first-order valence-electron chi connectivity index (χ1n) is 4.36. The average Bonchev–Trinajstić information content (AvgIpc) is 2.09. The van der Waals surface area contributed by atoms with Crippen LogP contribution in [0.25, 0.3) is 0 Å². The largest absolute Gasteiger partial charge is 0.486 e. The molecule has 13 heavy (non-hydrogen) atoms. The van der Waals surface area contributed by atoms with E-state index in [9.17, 15) is 0 Å². The summed E-state index contributed by atoms with van der Waals surface area (Å²) in [7, 11) is 0. The molecule has 0 saturated carbocycles. The van der Waals surface area contributed by atoms with Gasteiger partial charge in [0.25, 0.3) is 0 Å². The Balaban J connectivity index is 2.80. The van der Waals surface area contributed by atoms with E-state index in [-0.39, 0.29) is 5.60 Å². The van der Waals surface area contributed by atoms with E-state index in [1.807, 2.05) is 45.0 Å². The van der Waals surface area contributed by atoms with E-state index in [4.69, 9.17) is 16.3 Å². The summed E-state index contributed by atoms with van der Waals surface area (Å²) in [6.07, 6.45) is 0. The summed E-state index contributed by atoms with van der Waals surface area (Å²) in [4.78, 5) is 0. The van der Waals surface area contributed by atoms with Crippen LogP contribution in [-0.2, 0) is 0 Å². The molecule has 0 heterocycles. The van der Waals surface area contributed by atoms with E-state index in [1.54, 1.807) is 0 Å². The zero-order valence-corrected chi connectivity index (χ0v) is 9.06. The van der Waals surface area contributed by atoms with Crippen molar-refractivity contribution in [2.24, 2.45) is 0 Å². The second-order valence-corrected chi connectivity index (χ2v) is 4.03. The van der Waals surface area contributed by atoms with Crippen LogP contribution in [0.2, 0.25) is 0 Å². The lowest BCUT2D eigenvalue weighted by Gasteiger charge is -2.24. The smallest absolute Gasteiger partial charge is 0.123 e. The molecule has 0 bridgehead atoms. The number of ether oxygens (including phenoxy) is 1. The van der Waals surface area contributed by atoms with Crippen LogP contribution < -0.4 is 4.74 Å². The molecule has 1 aromatic rings. The summed E-state index contributed by atoms with van der Waals surface area (Å²) in [6, 6.07) is 7.95. The number of aryl methyl sites for hydroxylation is 1. The van der Waals surface area contributed by atoms with Crippen LogP contribution in [0.4, 0.5) is 0 Å². The van der Waals surface area contributed by atoms with E-state index in [1.165, 1.54) is 0 Å². The van der Waals surface area contributed by atoms with Crippen LogP contribution in [0.5, 0.6) is 5.75 Å². The Morgan fingerprint density at radius 2 is 1.92 bits per heavy atom. The van der Waals surface area contributed by atoms with Crippen molar-refractivity contribution in [1.82, 2.24) is 0 Å². The molecule has 0 aromatic heterocycles. The zero-order chi connectivity index (χ0) is 9.90. The molecule has 0 aliphatic carbocycles. The van der Waals surface area contributed by atoms with Crippen molar-refractivity contribution >= 4 is 11.6 Å². The summed E-state index contributed by atoms with van der Waals surface area (Å²) in [5.41, 5.74) is 0.842. The lowest BCUT2D eigenvalue weighted by atomic mass is 10.1. The number of rotatable bonds is 3. The van der Waals surface area contributed by atoms with Crippen LogP contribution in [0.15, 0.2) is 24.3 Å². The first kappa shape index (κ1) is 10.4. The van der Waals surface area contributed by atoms with Gasteiger partial charge in [-0.2, -0.15) is 0 Å². The van der Waals surface area contributed by atoms with Crippen LogP contribution in [0.3, 0.4) is 0 Å². The number of hydrogen-bond donors (Lipinski definition) is 0. The minimum Gasteiger partial charge on any atom is -0.486 e. The van der Waals surface area contributed by atoms with Crippen LogP contribution in [0.1, 0.15) is 19.4 Å². The topological polar surface area (TPSA) is 9.23 Å². The van der Waals surface area contributed by atoms with Gasteiger partial charge in [0, 0.05) is 0 Å². The highest BCUT2D eigenvalue weighted by atomic mass is 35.5. The molecular weight excluding hydrogens is 184 g/mol.